The van der Waals surface area contributed by atoms with Crippen LogP contribution in [0.3, 0.4) is 0 Å². The minimum Gasteiger partial charge on any atom is -0.330 e. The molecule has 1 aliphatic rings. The van der Waals surface area contributed by atoms with Crippen molar-refractivity contribution in [3.8, 4) is 0 Å². The van der Waals surface area contributed by atoms with E-state index in [9.17, 15) is 0 Å². The molecule has 1 saturated heterocycles. The maximum absolute atomic E-state index is 4.42. The predicted octanol–water partition coefficient (Wildman–Crippen LogP) is 4.08. The summed E-state index contributed by atoms with van der Waals surface area (Å²) in [6.45, 7) is 9.22. The summed E-state index contributed by atoms with van der Waals surface area (Å²) >= 11 is 0. The van der Waals surface area contributed by atoms with E-state index in [4.69, 9.17) is 0 Å². The van der Waals surface area contributed by atoms with Crippen LogP contribution in [0.4, 0.5) is 0 Å². The third-order valence-corrected chi connectivity index (χ3v) is 4.84. The quantitative estimate of drug-likeness (QED) is 0.867. The molecule has 1 fully saturated rings. The van der Waals surface area contributed by atoms with Gasteiger partial charge < -0.3 is 9.88 Å². The van der Waals surface area contributed by atoms with E-state index in [1.165, 1.54) is 37.8 Å². The maximum atomic E-state index is 4.42. The summed E-state index contributed by atoms with van der Waals surface area (Å²) in [6.07, 6.45) is 10.4. The van der Waals surface area contributed by atoms with E-state index >= 15 is 0 Å². The minimum atomic E-state index is 0.489. The van der Waals surface area contributed by atoms with E-state index in [-0.39, 0.29) is 0 Å². The van der Waals surface area contributed by atoms with Gasteiger partial charge in [0.05, 0.1) is 12.0 Å². The SMILES string of the molecule is CCC(CC)C(C)n1cncc1C1CCCC(C)N1. The lowest BCUT2D eigenvalue weighted by Crippen LogP contribution is -2.36. The van der Waals surface area contributed by atoms with Crippen molar-refractivity contribution in [3.63, 3.8) is 0 Å². The number of nitrogens with zero attached hydrogens (tertiary/aromatic N) is 2. The van der Waals surface area contributed by atoms with Gasteiger partial charge in [0.15, 0.2) is 0 Å². The Kier molecular flexibility index (Phi) is 5.03. The summed E-state index contributed by atoms with van der Waals surface area (Å²) in [5, 5.41) is 3.73. The fourth-order valence-corrected chi connectivity index (χ4v) is 3.49. The van der Waals surface area contributed by atoms with Crippen molar-refractivity contribution < 1.29 is 0 Å². The summed E-state index contributed by atoms with van der Waals surface area (Å²) in [7, 11) is 0. The van der Waals surface area contributed by atoms with Crippen LogP contribution in [-0.4, -0.2) is 15.6 Å². The van der Waals surface area contributed by atoms with E-state index in [0.29, 0.717) is 18.1 Å². The lowest BCUT2D eigenvalue weighted by Gasteiger charge is -2.32. The average Bonchev–Trinajstić information content (AvgIpc) is 2.89. The molecule has 3 heteroatoms. The highest BCUT2D eigenvalue weighted by Gasteiger charge is 2.25. The molecular formula is C16H29N3. The Bertz CT molecular complexity index is 365. The summed E-state index contributed by atoms with van der Waals surface area (Å²) in [5.74, 6) is 0.744. The summed E-state index contributed by atoms with van der Waals surface area (Å²) in [4.78, 5) is 4.42. The zero-order chi connectivity index (χ0) is 13.8. The highest BCUT2D eigenvalue weighted by molar-refractivity contribution is 5.08. The van der Waals surface area contributed by atoms with Gasteiger partial charge in [-0.25, -0.2) is 4.98 Å². The van der Waals surface area contributed by atoms with Crippen molar-refractivity contribution in [2.24, 2.45) is 5.92 Å². The van der Waals surface area contributed by atoms with Gasteiger partial charge in [-0.05, 0) is 39.0 Å². The first-order chi connectivity index (χ1) is 9.17. The van der Waals surface area contributed by atoms with Crippen LogP contribution in [0, 0.1) is 5.92 Å². The molecule has 108 valence electrons. The van der Waals surface area contributed by atoms with Gasteiger partial charge in [0, 0.05) is 24.3 Å². The molecule has 3 nitrogen and oxygen atoms in total. The highest BCUT2D eigenvalue weighted by Crippen LogP contribution is 2.31. The predicted molar refractivity (Wildman–Crippen MR) is 80.2 cm³/mol. The molecule has 3 atom stereocenters. The molecule has 1 aromatic rings. The van der Waals surface area contributed by atoms with Crippen molar-refractivity contribution in [1.82, 2.24) is 14.9 Å². The Labute approximate surface area is 117 Å². The molecule has 1 aromatic heterocycles. The molecule has 0 radical (unpaired) electrons. The van der Waals surface area contributed by atoms with Crippen LogP contribution in [0.25, 0.3) is 0 Å². The van der Waals surface area contributed by atoms with Crippen LogP contribution in [0.15, 0.2) is 12.5 Å². The Hall–Kier alpha value is -0.830. The van der Waals surface area contributed by atoms with Gasteiger partial charge >= 0.3 is 0 Å². The monoisotopic (exact) mass is 263 g/mol. The van der Waals surface area contributed by atoms with E-state index in [1.807, 2.05) is 6.33 Å². The fraction of sp³-hybridized carbons (Fsp3) is 0.812. The van der Waals surface area contributed by atoms with Gasteiger partial charge in [0.2, 0.25) is 0 Å². The molecule has 1 aliphatic heterocycles. The van der Waals surface area contributed by atoms with Gasteiger partial charge in [0.25, 0.3) is 0 Å². The number of imidazole rings is 1. The lowest BCUT2D eigenvalue weighted by molar-refractivity contribution is 0.292. The largest absolute Gasteiger partial charge is 0.330 e. The number of rotatable bonds is 5. The van der Waals surface area contributed by atoms with E-state index in [0.717, 1.165) is 5.92 Å². The first kappa shape index (κ1) is 14.6. The standard InChI is InChI=1S/C16H29N3/c1-5-14(6-2)13(4)19-11-17-10-16(19)15-9-7-8-12(3)18-15/h10-15,18H,5-9H2,1-4H3. The number of hydrogen-bond acceptors (Lipinski definition) is 2. The van der Waals surface area contributed by atoms with Crippen LogP contribution in [-0.2, 0) is 0 Å². The summed E-state index contributed by atoms with van der Waals surface area (Å²) in [6, 6.07) is 1.67. The molecule has 3 unspecified atom stereocenters. The second-order valence-electron chi connectivity index (χ2n) is 6.09. The Balaban J connectivity index is 2.16. The van der Waals surface area contributed by atoms with Crippen LogP contribution in [0.2, 0.25) is 0 Å². The molecule has 19 heavy (non-hydrogen) atoms. The maximum Gasteiger partial charge on any atom is 0.0951 e. The zero-order valence-electron chi connectivity index (χ0n) is 12.9. The molecule has 0 saturated carbocycles. The number of piperidine rings is 1. The fourth-order valence-electron chi connectivity index (χ4n) is 3.49. The summed E-state index contributed by atoms with van der Waals surface area (Å²) < 4.78 is 2.41. The average molecular weight is 263 g/mol. The third kappa shape index (κ3) is 3.19. The van der Waals surface area contributed by atoms with Crippen LogP contribution >= 0.6 is 0 Å². The molecule has 1 N–H and O–H groups in total. The van der Waals surface area contributed by atoms with E-state index < -0.39 is 0 Å². The van der Waals surface area contributed by atoms with E-state index in [1.54, 1.807) is 0 Å². The Morgan fingerprint density at radius 3 is 2.74 bits per heavy atom. The molecular weight excluding hydrogens is 234 g/mol. The molecule has 0 aromatic carbocycles. The minimum absolute atomic E-state index is 0.489. The molecule has 0 amide bonds. The normalized spacial score (nSPS) is 25.7. The van der Waals surface area contributed by atoms with Gasteiger partial charge in [-0.15, -0.1) is 0 Å². The van der Waals surface area contributed by atoms with Crippen molar-refractivity contribution >= 4 is 0 Å². The number of aromatic nitrogens is 2. The molecule has 0 aliphatic carbocycles. The molecule has 0 bridgehead atoms. The van der Waals surface area contributed by atoms with Gasteiger partial charge in [-0.3, -0.25) is 0 Å². The van der Waals surface area contributed by atoms with Crippen molar-refractivity contribution in [1.29, 1.82) is 0 Å². The van der Waals surface area contributed by atoms with Crippen molar-refractivity contribution in [2.45, 2.75) is 77.9 Å². The second kappa shape index (κ2) is 6.56. The van der Waals surface area contributed by atoms with Crippen LogP contribution < -0.4 is 5.32 Å². The number of nitrogens with one attached hydrogen (secondary N) is 1. The molecule has 2 heterocycles. The lowest BCUT2D eigenvalue weighted by atomic mass is 9.93. The molecule has 2 rings (SSSR count). The highest BCUT2D eigenvalue weighted by atomic mass is 15.1. The first-order valence-corrected chi connectivity index (χ1v) is 7.95. The van der Waals surface area contributed by atoms with Crippen molar-refractivity contribution in [3.05, 3.63) is 18.2 Å². The van der Waals surface area contributed by atoms with Crippen LogP contribution in [0.5, 0.6) is 0 Å². The topological polar surface area (TPSA) is 29.9 Å². The van der Waals surface area contributed by atoms with Gasteiger partial charge in [-0.1, -0.05) is 26.7 Å². The van der Waals surface area contributed by atoms with Crippen LogP contribution in [0.1, 0.15) is 77.6 Å². The first-order valence-electron chi connectivity index (χ1n) is 7.95. The smallest absolute Gasteiger partial charge is 0.0951 e. The van der Waals surface area contributed by atoms with Gasteiger partial charge in [0.1, 0.15) is 0 Å². The summed E-state index contributed by atoms with van der Waals surface area (Å²) in [5.41, 5.74) is 1.38. The molecule has 0 spiro atoms. The van der Waals surface area contributed by atoms with Crippen molar-refractivity contribution in [2.75, 3.05) is 0 Å². The Morgan fingerprint density at radius 2 is 2.11 bits per heavy atom. The number of hydrogen-bond donors (Lipinski definition) is 1. The van der Waals surface area contributed by atoms with Gasteiger partial charge in [-0.2, -0.15) is 0 Å². The van der Waals surface area contributed by atoms with E-state index in [2.05, 4.69) is 48.8 Å². The second-order valence-corrected chi connectivity index (χ2v) is 6.09. The Morgan fingerprint density at radius 1 is 1.37 bits per heavy atom. The zero-order valence-corrected chi connectivity index (χ0v) is 12.9. The third-order valence-electron chi connectivity index (χ3n) is 4.84.